The number of nitrogens with zero attached hydrogens (tertiary/aromatic N) is 1. The van der Waals surface area contributed by atoms with E-state index in [1.807, 2.05) is 18.2 Å². The van der Waals surface area contributed by atoms with Gasteiger partial charge < -0.3 is 14.8 Å². The summed E-state index contributed by atoms with van der Waals surface area (Å²) in [4.78, 5) is 3.93. The summed E-state index contributed by atoms with van der Waals surface area (Å²) >= 11 is 0. The molecule has 1 heterocycles. The zero-order valence-corrected chi connectivity index (χ0v) is 10.8. The predicted molar refractivity (Wildman–Crippen MR) is 71.1 cm³/mol. The Morgan fingerprint density at radius 3 is 2.63 bits per heavy atom. The normalized spacial score (nSPS) is 10.1. The number of nitrogens with one attached hydrogen (secondary N) is 1. The van der Waals surface area contributed by atoms with Crippen LogP contribution in [0.25, 0.3) is 0 Å². The van der Waals surface area contributed by atoms with E-state index in [0.717, 1.165) is 17.1 Å². The van der Waals surface area contributed by atoms with Crippen molar-refractivity contribution in [2.24, 2.45) is 0 Å². The van der Waals surface area contributed by atoms with E-state index < -0.39 is 0 Å². The fraction of sp³-hybridized carbons (Fsp3) is 0.214. The monoisotopic (exact) mass is 262 g/mol. The van der Waals surface area contributed by atoms with Gasteiger partial charge in [-0.25, -0.2) is 9.37 Å². The summed E-state index contributed by atoms with van der Waals surface area (Å²) in [5.74, 6) is 1.76. The third-order valence-electron chi connectivity index (χ3n) is 2.67. The molecule has 100 valence electrons. The van der Waals surface area contributed by atoms with Crippen molar-refractivity contribution in [2.75, 3.05) is 19.5 Å². The number of benzene rings is 1. The minimum atomic E-state index is -0.357. The van der Waals surface area contributed by atoms with Crippen molar-refractivity contribution in [3.05, 3.63) is 47.9 Å². The number of pyridine rings is 1. The van der Waals surface area contributed by atoms with Crippen LogP contribution in [0.3, 0.4) is 0 Å². The van der Waals surface area contributed by atoms with Crippen molar-refractivity contribution in [3.63, 3.8) is 0 Å². The quantitative estimate of drug-likeness (QED) is 0.899. The molecule has 0 radical (unpaired) electrons. The molecule has 0 atom stereocenters. The van der Waals surface area contributed by atoms with Crippen LogP contribution in [-0.2, 0) is 6.54 Å². The number of rotatable bonds is 5. The van der Waals surface area contributed by atoms with Crippen molar-refractivity contribution in [1.82, 2.24) is 4.98 Å². The Kier molecular flexibility index (Phi) is 4.18. The molecule has 4 nitrogen and oxygen atoms in total. The third kappa shape index (κ3) is 3.34. The van der Waals surface area contributed by atoms with Gasteiger partial charge in [-0.05, 0) is 30.3 Å². The molecule has 1 aromatic heterocycles. The van der Waals surface area contributed by atoms with Gasteiger partial charge in [-0.3, -0.25) is 0 Å². The number of anilines is 1. The van der Waals surface area contributed by atoms with Gasteiger partial charge >= 0.3 is 0 Å². The van der Waals surface area contributed by atoms with Gasteiger partial charge in [0.1, 0.15) is 23.1 Å². The maximum atomic E-state index is 12.7. The molecular formula is C14H15FN2O2. The summed E-state index contributed by atoms with van der Waals surface area (Å²) < 4.78 is 23.2. The van der Waals surface area contributed by atoms with Crippen LogP contribution in [0.2, 0.25) is 0 Å². The highest BCUT2D eigenvalue weighted by Crippen LogP contribution is 2.24. The summed E-state index contributed by atoms with van der Waals surface area (Å²) in [6, 6.07) is 8.50. The summed E-state index contributed by atoms with van der Waals surface area (Å²) in [6.45, 7) is 0.513. The van der Waals surface area contributed by atoms with Crippen LogP contribution in [0.15, 0.2) is 36.5 Å². The van der Waals surface area contributed by atoms with Crippen LogP contribution >= 0.6 is 0 Å². The minimum absolute atomic E-state index is 0.357. The molecule has 1 aromatic carbocycles. The summed E-state index contributed by atoms with van der Waals surface area (Å²) in [7, 11) is 3.22. The van der Waals surface area contributed by atoms with Crippen LogP contribution in [0.5, 0.6) is 11.5 Å². The molecule has 0 saturated heterocycles. The maximum Gasteiger partial charge on any atom is 0.141 e. The van der Waals surface area contributed by atoms with E-state index in [4.69, 9.17) is 9.47 Å². The zero-order valence-electron chi connectivity index (χ0n) is 10.8. The van der Waals surface area contributed by atoms with Crippen LogP contribution < -0.4 is 14.8 Å². The van der Waals surface area contributed by atoms with Gasteiger partial charge in [-0.1, -0.05) is 0 Å². The van der Waals surface area contributed by atoms with E-state index in [0.29, 0.717) is 12.4 Å². The fourth-order valence-electron chi connectivity index (χ4n) is 1.69. The first kappa shape index (κ1) is 13.1. The van der Waals surface area contributed by atoms with Gasteiger partial charge in [0.05, 0.1) is 20.4 Å². The number of methoxy groups -OCH3 is 2. The molecule has 2 aromatic rings. The van der Waals surface area contributed by atoms with Gasteiger partial charge in [0.2, 0.25) is 0 Å². The Morgan fingerprint density at radius 1 is 1.16 bits per heavy atom. The Morgan fingerprint density at radius 2 is 2.00 bits per heavy atom. The molecule has 0 saturated carbocycles. The summed E-state index contributed by atoms with van der Waals surface area (Å²) in [5, 5.41) is 3.10. The van der Waals surface area contributed by atoms with Crippen molar-refractivity contribution in [1.29, 1.82) is 0 Å². The molecule has 0 aliphatic rings. The molecule has 0 unspecified atom stereocenters. The van der Waals surface area contributed by atoms with Gasteiger partial charge in [-0.15, -0.1) is 0 Å². The van der Waals surface area contributed by atoms with Crippen molar-refractivity contribution in [2.45, 2.75) is 6.54 Å². The average molecular weight is 262 g/mol. The SMILES string of the molecule is COc1ccc(OC)c(CNc2ccc(F)cn2)c1. The highest BCUT2D eigenvalue weighted by atomic mass is 19.1. The molecule has 2 rings (SSSR count). The third-order valence-corrected chi connectivity index (χ3v) is 2.67. The van der Waals surface area contributed by atoms with E-state index in [2.05, 4.69) is 10.3 Å². The second kappa shape index (κ2) is 6.04. The lowest BCUT2D eigenvalue weighted by Gasteiger charge is -2.11. The van der Waals surface area contributed by atoms with Crippen LogP contribution in [0.4, 0.5) is 10.2 Å². The first-order chi connectivity index (χ1) is 9.22. The molecule has 0 spiro atoms. The number of aromatic nitrogens is 1. The van der Waals surface area contributed by atoms with Crippen molar-refractivity contribution >= 4 is 5.82 Å². The lowest BCUT2D eigenvalue weighted by molar-refractivity contribution is 0.399. The van der Waals surface area contributed by atoms with E-state index in [1.165, 1.54) is 12.3 Å². The van der Waals surface area contributed by atoms with Gasteiger partial charge in [0.15, 0.2) is 0 Å². The highest BCUT2D eigenvalue weighted by Gasteiger charge is 2.05. The predicted octanol–water partition coefficient (Wildman–Crippen LogP) is 2.85. The second-order valence-electron chi connectivity index (χ2n) is 3.89. The lowest BCUT2D eigenvalue weighted by Crippen LogP contribution is -2.03. The van der Waals surface area contributed by atoms with Crippen LogP contribution in [0, 0.1) is 5.82 Å². The van der Waals surface area contributed by atoms with E-state index in [1.54, 1.807) is 20.3 Å². The zero-order chi connectivity index (χ0) is 13.7. The Balaban J connectivity index is 2.11. The van der Waals surface area contributed by atoms with E-state index >= 15 is 0 Å². The standard InChI is InChI=1S/C14H15FN2O2/c1-18-12-4-5-13(19-2)10(7-12)8-16-14-6-3-11(15)9-17-14/h3-7,9H,8H2,1-2H3,(H,16,17). The molecule has 0 aliphatic carbocycles. The van der Waals surface area contributed by atoms with Gasteiger partial charge in [-0.2, -0.15) is 0 Å². The molecule has 5 heteroatoms. The summed E-state index contributed by atoms with van der Waals surface area (Å²) in [5.41, 5.74) is 0.938. The van der Waals surface area contributed by atoms with E-state index in [-0.39, 0.29) is 5.82 Å². The van der Waals surface area contributed by atoms with Crippen molar-refractivity contribution < 1.29 is 13.9 Å². The highest BCUT2D eigenvalue weighted by molar-refractivity contribution is 5.43. The molecular weight excluding hydrogens is 247 g/mol. The van der Waals surface area contributed by atoms with Gasteiger partial charge in [0.25, 0.3) is 0 Å². The molecule has 19 heavy (non-hydrogen) atoms. The molecule has 0 fully saturated rings. The van der Waals surface area contributed by atoms with Crippen LogP contribution in [-0.4, -0.2) is 19.2 Å². The molecule has 0 aliphatic heterocycles. The Hall–Kier alpha value is -2.30. The molecule has 0 bridgehead atoms. The Bertz CT molecular complexity index is 544. The fourth-order valence-corrected chi connectivity index (χ4v) is 1.69. The first-order valence-electron chi connectivity index (χ1n) is 5.79. The van der Waals surface area contributed by atoms with Crippen molar-refractivity contribution in [3.8, 4) is 11.5 Å². The van der Waals surface area contributed by atoms with Gasteiger partial charge in [0, 0.05) is 12.1 Å². The largest absolute Gasteiger partial charge is 0.497 e. The number of halogens is 1. The number of hydrogen-bond acceptors (Lipinski definition) is 4. The Labute approximate surface area is 111 Å². The molecule has 0 amide bonds. The lowest BCUT2D eigenvalue weighted by atomic mass is 10.2. The average Bonchev–Trinajstić information content (AvgIpc) is 2.46. The summed E-state index contributed by atoms with van der Waals surface area (Å²) in [6.07, 6.45) is 1.17. The maximum absolute atomic E-state index is 12.7. The smallest absolute Gasteiger partial charge is 0.141 e. The van der Waals surface area contributed by atoms with E-state index in [9.17, 15) is 4.39 Å². The van der Waals surface area contributed by atoms with Crippen LogP contribution in [0.1, 0.15) is 5.56 Å². The minimum Gasteiger partial charge on any atom is -0.497 e. The number of hydrogen-bond donors (Lipinski definition) is 1. The topological polar surface area (TPSA) is 43.4 Å². The number of ether oxygens (including phenoxy) is 2. The second-order valence-corrected chi connectivity index (χ2v) is 3.89. The first-order valence-corrected chi connectivity index (χ1v) is 5.79. The molecule has 1 N–H and O–H groups in total.